The first-order chi connectivity index (χ1) is 6.32. The van der Waals surface area contributed by atoms with E-state index in [0.29, 0.717) is 6.20 Å². The van der Waals surface area contributed by atoms with Gasteiger partial charge in [0.05, 0.1) is 0 Å². The van der Waals surface area contributed by atoms with Gasteiger partial charge in [-0.1, -0.05) is 0 Å². The van der Waals surface area contributed by atoms with E-state index >= 15 is 0 Å². The van der Waals surface area contributed by atoms with E-state index in [1.807, 2.05) is 0 Å². The number of aromatic nitrogens is 1. The van der Waals surface area contributed by atoms with Gasteiger partial charge in [-0.2, -0.15) is 13.2 Å². The number of hydrogen-bond donors (Lipinski definition) is 0. The molecule has 0 fully saturated rings. The Kier molecular flexibility index (Phi) is 3.28. The average molecular weight is 323 g/mol. The van der Waals surface area contributed by atoms with Crippen LogP contribution in [-0.4, -0.2) is 4.98 Å². The highest BCUT2D eigenvalue weighted by atomic mass is 127. The molecule has 0 amide bonds. The van der Waals surface area contributed by atoms with Gasteiger partial charge in [0.15, 0.2) is 5.69 Å². The van der Waals surface area contributed by atoms with Gasteiger partial charge in [-0.15, -0.1) is 0 Å². The highest BCUT2D eigenvalue weighted by Gasteiger charge is 2.35. The molecule has 0 atom stereocenters. The zero-order chi connectivity index (χ0) is 10.9. The molecular weight excluding hydrogens is 320 g/mol. The van der Waals surface area contributed by atoms with Crippen molar-refractivity contribution in [3.8, 4) is 0 Å². The molecule has 0 saturated heterocycles. The second-order valence-corrected chi connectivity index (χ2v) is 3.56. The van der Waals surface area contributed by atoms with Gasteiger partial charge < -0.3 is 0 Å². The standard InChI is InChI=1S/C7H3F5IN/c8-6(9)3-1-4(13)5(14-2-3)7(10,11)12/h1-2,6H. The molecule has 0 N–H and O–H groups in total. The van der Waals surface area contributed by atoms with Crippen molar-refractivity contribution in [1.82, 2.24) is 4.98 Å². The summed E-state index contributed by atoms with van der Waals surface area (Å²) in [5.74, 6) is 0. The van der Waals surface area contributed by atoms with E-state index in [1.165, 1.54) is 22.6 Å². The summed E-state index contributed by atoms with van der Waals surface area (Å²) in [7, 11) is 0. The number of rotatable bonds is 1. The fourth-order valence-corrected chi connectivity index (χ4v) is 1.59. The Morgan fingerprint density at radius 2 is 1.86 bits per heavy atom. The third-order valence-electron chi connectivity index (χ3n) is 1.38. The van der Waals surface area contributed by atoms with E-state index in [4.69, 9.17) is 0 Å². The van der Waals surface area contributed by atoms with E-state index in [9.17, 15) is 22.0 Å². The summed E-state index contributed by atoms with van der Waals surface area (Å²) in [6, 6.07) is 0.779. The first kappa shape index (κ1) is 11.6. The summed E-state index contributed by atoms with van der Waals surface area (Å²) < 4.78 is 60.2. The minimum atomic E-state index is -4.60. The number of halogens is 6. The quantitative estimate of drug-likeness (QED) is 0.568. The molecule has 0 bridgehead atoms. The third-order valence-corrected chi connectivity index (χ3v) is 2.21. The van der Waals surface area contributed by atoms with Crippen molar-refractivity contribution in [3.05, 3.63) is 27.1 Å². The zero-order valence-corrected chi connectivity index (χ0v) is 8.60. The SMILES string of the molecule is FC(F)c1cnc(C(F)(F)F)c(I)c1. The third kappa shape index (κ3) is 2.52. The van der Waals surface area contributed by atoms with E-state index < -0.39 is 23.9 Å². The summed E-state index contributed by atoms with van der Waals surface area (Å²) in [6.45, 7) is 0. The molecule has 0 aromatic carbocycles. The Bertz CT molecular complexity index is 335. The predicted molar refractivity (Wildman–Crippen MR) is 46.9 cm³/mol. The molecule has 1 aromatic rings. The molecule has 0 aliphatic carbocycles. The van der Waals surface area contributed by atoms with Crippen LogP contribution in [0.5, 0.6) is 0 Å². The van der Waals surface area contributed by atoms with Crippen LogP contribution in [0.25, 0.3) is 0 Å². The van der Waals surface area contributed by atoms with Gasteiger partial charge in [0.25, 0.3) is 6.43 Å². The number of hydrogen-bond acceptors (Lipinski definition) is 1. The fourth-order valence-electron chi connectivity index (χ4n) is 0.781. The summed E-state index contributed by atoms with van der Waals surface area (Å²) >= 11 is 1.33. The Balaban J connectivity index is 3.15. The van der Waals surface area contributed by atoms with Crippen molar-refractivity contribution in [1.29, 1.82) is 0 Å². The smallest absolute Gasteiger partial charge is 0.250 e. The molecule has 7 heteroatoms. The zero-order valence-electron chi connectivity index (χ0n) is 6.45. The largest absolute Gasteiger partial charge is 0.434 e. The van der Waals surface area contributed by atoms with Crippen molar-refractivity contribution in [2.24, 2.45) is 0 Å². The van der Waals surface area contributed by atoms with Crippen LogP contribution in [0, 0.1) is 3.57 Å². The van der Waals surface area contributed by atoms with Gasteiger partial charge in [-0.3, -0.25) is 4.98 Å². The molecule has 1 aromatic heterocycles. The van der Waals surface area contributed by atoms with E-state index in [0.717, 1.165) is 6.07 Å². The second kappa shape index (κ2) is 3.95. The van der Waals surface area contributed by atoms with E-state index in [2.05, 4.69) is 4.98 Å². The Morgan fingerprint density at radius 3 is 2.21 bits per heavy atom. The molecule has 1 heterocycles. The molecule has 78 valence electrons. The monoisotopic (exact) mass is 323 g/mol. The molecule has 14 heavy (non-hydrogen) atoms. The molecule has 0 saturated carbocycles. The fraction of sp³-hybridized carbons (Fsp3) is 0.286. The van der Waals surface area contributed by atoms with Crippen LogP contribution >= 0.6 is 22.6 Å². The maximum absolute atomic E-state index is 12.1. The lowest BCUT2D eigenvalue weighted by molar-refractivity contribution is -0.141. The second-order valence-electron chi connectivity index (χ2n) is 2.40. The normalized spacial score (nSPS) is 12.2. The van der Waals surface area contributed by atoms with Gasteiger partial charge in [-0.05, 0) is 28.7 Å². The Hall–Kier alpha value is -0.470. The van der Waals surface area contributed by atoms with Crippen LogP contribution in [0.2, 0.25) is 0 Å². The molecule has 1 rings (SSSR count). The van der Waals surface area contributed by atoms with Crippen molar-refractivity contribution in [2.75, 3.05) is 0 Å². The van der Waals surface area contributed by atoms with Crippen LogP contribution in [0.15, 0.2) is 12.3 Å². The van der Waals surface area contributed by atoms with E-state index in [1.54, 1.807) is 0 Å². The first-order valence-corrected chi connectivity index (χ1v) is 4.41. The lowest BCUT2D eigenvalue weighted by atomic mass is 10.2. The average Bonchev–Trinajstić information content (AvgIpc) is 2.01. The van der Waals surface area contributed by atoms with Crippen LogP contribution in [0.1, 0.15) is 17.7 Å². The van der Waals surface area contributed by atoms with Gasteiger partial charge in [0.2, 0.25) is 0 Å². The van der Waals surface area contributed by atoms with Crippen LogP contribution in [0.3, 0.4) is 0 Å². The molecule has 0 spiro atoms. The highest BCUT2D eigenvalue weighted by molar-refractivity contribution is 14.1. The van der Waals surface area contributed by atoms with Crippen molar-refractivity contribution >= 4 is 22.6 Å². The van der Waals surface area contributed by atoms with Gasteiger partial charge in [-0.25, -0.2) is 8.78 Å². The van der Waals surface area contributed by atoms with Crippen molar-refractivity contribution in [3.63, 3.8) is 0 Å². The van der Waals surface area contributed by atoms with Crippen LogP contribution in [-0.2, 0) is 6.18 Å². The summed E-state index contributed by atoms with van der Waals surface area (Å²) in [6.07, 6.45) is -6.87. The molecule has 0 aliphatic heterocycles. The molecular formula is C7H3F5IN. The maximum atomic E-state index is 12.1. The number of alkyl halides is 5. The minimum Gasteiger partial charge on any atom is -0.250 e. The summed E-state index contributed by atoms with van der Waals surface area (Å²) in [5.41, 5.74) is -1.65. The predicted octanol–water partition coefficient (Wildman–Crippen LogP) is 3.64. The minimum absolute atomic E-state index is 0.326. The topological polar surface area (TPSA) is 12.9 Å². The van der Waals surface area contributed by atoms with E-state index in [-0.39, 0.29) is 3.57 Å². The lowest BCUT2D eigenvalue weighted by Gasteiger charge is -2.08. The molecule has 0 radical (unpaired) electrons. The van der Waals surface area contributed by atoms with Crippen molar-refractivity contribution < 1.29 is 22.0 Å². The maximum Gasteiger partial charge on any atom is 0.434 e. The molecule has 0 unspecified atom stereocenters. The Morgan fingerprint density at radius 1 is 1.29 bits per heavy atom. The lowest BCUT2D eigenvalue weighted by Crippen LogP contribution is -2.10. The first-order valence-electron chi connectivity index (χ1n) is 3.33. The van der Waals surface area contributed by atoms with Crippen molar-refractivity contribution in [2.45, 2.75) is 12.6 Å². The molecule has 0 aliphatic rings. The van der Waals surface area contributed by atoms with Crippen LogP contribution in [0.4, 0.5) is 22.0 Å². The summed E-state index contributed by atoms with van der Waals surface area (Å²) in [5, 5.41) is 0. The molecule has 1 nitrogen and oxygen atoms in total. The van der Waals surface area contributed by atoms with Gasteiger partial charge in [0, 0.05) is 15.3 Å². The number of pyridine rings is 1. The highest BCUT2D eigenvalue weighted by Crippen LogP contribution is 2.32. The van der Waals surface area contributed by atoms with Crippen LogP contribution < -0.4 is 0 Å². The summed E-state index contributed by atoms with van der Waals surface area (Å²) in [4.78, 5) is 2.96. The van der Waals surface area contributed by atoms with Gasteiger partial charge in [0.1, 0.15) is 0 Å². The number of nitrogens with zero attached hydrogens (tertiary/aromatic N) is 1. The Labute approximate surface area is 89.5 Å². The van der Waals surface area contributed by atoms with Gasteiger partial charge >= 0.3 is 6.18 Å².